The zero-order valence-corrected chi connectivity index (χ0v) is 11.6. The maximum Gasteiger partial charge on any atom is 0.224 e. The molecule has 2 unspecified atom stereocenters. The summed E-state index contributed by atoms with van der Waals surface area (Å²) in [4.78, 5) is 15.3. The number of halogens is 1. The molecule has 2 N–H and O–H groups in total. The summed E-state index contributed by atoms with van der Waals surface area (Å²) >= 11 is 1.74. The van der Waals surface area contributed by atoms with Gasteiger partial charge in [0.15, 0.2) is 0 Å². The lowest BCUT2D eigenvalue weighted by atomic mass is 10.1. The molecule has 0 bridgehead atoms. The summed E-state index contributed by atoms with van der Waals surface area (Å²) in [6.07, 6.45) is 2.65. The lowest BCUT2D eigenvalue weighted by Gasteiger charge is -2.24. The van der Waals surface area contributed by atoms with Crippen LogP contribution in [0.1, 0.15) is 37.1 Å². The number of likely N-dealkylation sites (tertiary alicyclic amines) is 1. The molecule has 2 heterocycles. The molecule has 2 atom stereocenters. The first-order valence-corrected chi connectivity index (χ1v) is 6.65. The van der Waals surface area contributed by atoms with E-state index in [1.807, 2.05) is 17.9 Å². The first-order chi connectivity index (χ1) is 7.68. The summed E-state index contributed by atoms with van der Waals surface area (Å²) in [5, 5.41) is 2.07. The van der Waals surface area contributed by atoms with Gasteiger partial charge in [-0.15, -0.1) is 23.7 Å². The third kappa shape index (κ3) is 3.44. The summed E-state index contributed by atoms with van der Waals surface area (Å²) in [6.45, 7) is 2.77. The molecule has 1 saturated heterocycles. The van der Waals surface area contributed by atoms with Crippen LogP contribution in [0.5, 0.6) is 0 Å². The molecule has 5 heteroatoms. The van der Waals surface area contributed by atoms with Gasteiger partial charge in [-0.1, -0.05) is 6.07 Å². The molecule has 1 aliphatic heterocycles. The zero-order chi connectivity index (χ0) is 11.5. The van der Waals surface area contributed by atoms with E-state index < -0.39 is 0 Å². The summed E-state index contributed by atoms with van der Waals surface area (Å²) in [7, 11) is 0. The molecule has 0 saturated carbocycles. The van der Waals surface area contributed by atoms with Crippen LogP contribution in [0.25, 0.3) is 0 Å². The predicted octanol–water partition coefficient (Wildman–Crippen LogP) is 2.57. The molecule has 1 fully saturated rings. The van der Waals surface area contributed by atoms with Crippen molar-refractivity contribution >= 4 is 29.7 Å². The first kappa shape index (κ1) is 14.5. The van der Waals surface area contributed by atoms with Crippen LogP contribution in [0.15, 0.2) is 17.5 Å². The fraction of sp³-hybridized carbons (Fsp3) is 0.583. The van der Waals surface area contributed by atoms with Crippen molar-refractivity contribution in [1.82, 2.24) is 4.90 Å². The summed E-state index contributed by atoms with van der Waals surface area (Å²) < 4.78 is 0. The molecule has 1 amide bonds. The van der Waals surface area contributed by atoms with E-state index in [1.165, 1.54) is 4.88 Å². The number of hydrogen-bond donors (Lipinski definition) is 1. The van der Waals surface area contributed by atoms with Gasteiger partial charge < -0.3 is 10.6 Å². The van der Waals surface area contributed by atoms with Crippen molar-refractivity contribution in [2.75, 3.05) is 6.54 Å². The Kier molecular flexibility index (Phi) is 5.43. The molecule has 96 valence electrons. The fourth-order valence-corrected chi connectivity index (χ4v) is 3.11. The molecule has 1 aromatic heterocycles. The van der Waals surface area contributed by atoms with Gasteiger partial charge in [0.25, 0.3) is 0 Å². The second-order valence-corrected chi connectivity index (χ2v) is 5.42. The van der Waals surface area contributed by atoms with E-state index in [-0.39, 0.29) is 24.4 Å². The third-order valence-electron chi connectivity index (χ3n) is 2.94. The third-order valence-corrected chi connectivity index (χ3v) is 3.91. The van der Waals surface area contributed by atoms with Crippen LogP contribution in [0.3, 0.4) is 0 Å². The van der Waals surface area contributed by atoms with Gasteiger partial charge in [-0.05, 0) is 31.2 Å². The zero-order valence-electron chi connectivity index (χ0n) is 9.96. The van der Waals surface area contributed by atoms with Crippen molar-refractivity contribution in [3.05, 3.63) is 22.4 Å². The van der Waals surface area contributed by atoms with E-state index in [0.29, 0.717) is 12.5 Å². The SMILES string of the molecule is CC(N)CC(=O)N1CCCC1c1cccs1.Cl. The van der Waals surface area contributed by atoms with Crippen LogP contribution in [0, 0.1) is 0 Å². The van der Waals surface area contributed by atoms with Crippen molar-refractivity contribution < 1.29 is 4.79 Å². The molecule has 0 aliphatic carbocycles. The molecule has 0 radical (unpaired) electrons. The minimum absolute atomic E-state index is 0. The highest BCUT2D eigenvalue weighted by atomic mass is 35.5. The van der Waals surface area contributed by atoms with Gasteiger partial charge in [-0.2, -0.15) is 0 Å². The van der Waals surface area contributed by atoms with Crippen LogP contribution in [0.2, 0.25) is 0 Å². The average molecular weight is 275 g/mol. The Morgan fingerprint density at radius 3 is 3.06 bits per heavy atom. The highest BCUT2D eigenvalue weighted by Gasteiger charge is 2.30. The molecule has 17 heavy (non-hydrogen) atoms. The number of hydrogen-bond acceptors (Lipinski definition) is 3. The minimum atomic E-state index is -0.0444. The highest BCUT2D eigenvalue weighted by molar-refractivity contribution is 7.10. The maximum atomic E-state index is 12.0. The van der Waals surface area contributed by atoms with Gasteiger partial charge in [-0.25, -0.2) is 0 Å². The van der Waals surface area contributed by atoms with Crippen molar-refractivity contribution in [3.8, 4) is 0 Å². The van der Waals surface area contributed by atoms with Crippen LogP contribution in [-0.2, 0) is 4.79 Å². The van der Waals surface area contributed by atoms with Crippen molar-refractivity contribution in [3.63, 3.8) is 0 Å². The summed E-state index contributed by atoms with van der Waals surface area (Å²) in [5.74, 6) is 0.200. The van der Waals surface area contributed by atoms with E-state index in [1.54, 1.807) is 11.3 Å². The predicted molar refractivity (Wildman–Crippen MR) is 73.5 cm³/mol. The summed E-state index contributed by atoms with van der Waals surface area (Å²) in [5.41, 5.74) is 5.68. The minimum Gasteiger partial charge on any atom is -0.335 e. The number of nitrogens with two attached hydrogens (primary N) is 1. The van der Waals surface area contributed by atoms with Gasteiger partial charge in [0, 0.05) is 23.9 Å². The number of amides is 1. The molecule has 0 spiro atoms. The lowest BCUT2D eigenvalue weighted by Crippen LogP contribution is -2.34. The molecule has 0 aromatic carbocycles. The molecule has 1 aliphatic rings. The maximum absolute atomic E-state index is 12.0. The monoisotopic (exact) mass is 274 g/mol. The second kappa shape index (κ2) is 6.38. The quantitative estimate of drug-likeness (QED) is 0.921. The largest absolute Gasteiger partial charge is 0.335 e. The first-order valence-electron chi connectivity index (χ1n) is 5.77. The Balaban J connectivity index is 0.00000144. The van der Waals surface area contributed by atoms with Gasteiger partial charge in [0.05, 0.1) is 6.04 Å². The average Bonchev–Trinajstić information content (AvgIpc) is 2.87. The molecule has 2 rings (SSSR count). The highest BCUT2D eigenvalue weighted by Crippen LogP contribution is 2.34. The Labute approximate surface area is 112 Å². The lowest BCUT2D eigenvalue weighted by molar-refractivity contribution is -0.132. The van der Waals surface area contributed by atoms with Crippen molar-refractivity contribution in [2.45, 2.75) is 38.3 Å². The van der Waals surface area contributed by atoms with Crippen molar-refractivity contribution in [2.24, 2.45) is 5.73 Å². The topological polar surface area (TPSA) is 46.3 Å². The number of nitrogens with zero attached hydrogens (tertiary/aromatic N) is 1. The van der Waals surface area contributed by atoms with Gasteiger partial charge in [0.1, 0.15) is 0 Å². The Morgan fingerprint density at radius 1 is 1.71 bits per heavy atom. The molecule has 1 aromatic rings. The van der Waals surface area contributed by atoms with E-state index in [9.17, 15) is 4.79 Å². The normalized spacial score (nSPS) is 21.1. The van der Waals surface area contributed by atoms with Gasteiger partial charge in [0.2, 0.25) is 5.91 Å². The number of thiophene rings is 1. The molecular formula is C12H19ClN2OS. The van der Waals surface area contributed by atoms with Gasteiger partial charge in [-0.3, -0.25) is 4.79 Å². The van der Waals surface area contributed by atoms with Crippen LogP contribution in [0.4, 0.5) is 0 Å². The van der Waals surface area contributed by atoms with Crippen LogP contribution >= 0.6 is 23.7 Å². The van der Waals surface area contributed by atoms with Crippen LogP contribution in [-0.4, -0.2) is 23.4 Å². The second-order valence-electron chi connectivity index (χ2n) is 4.44. The molecule has 3 nitrogen and oxygen atoms in total. The van der Waals surface area contributed by atoms with Gasteiger partial charge >= 0.3 is 0 Å². The Morgan fingerprint density at radius 2 is 2.47 bits per heavy atom. The van der Waals surface area contributed by atoms with E-state index >= 15 is 0 Å². The standard InChI is InChI=1S/C12H18N2OS.ClH/c1-9(13)8-12(15)14-6-2-4-10(14)11-5-3-7-16-11;/h3,5,7,9-10H,2,4,6,8,13H2,1H3;1H. The van der Waals surface area contributed by atoms with Crippen LogP contribution < -0.4 is 5.73 Å². The summed E-state index contributed by atoms with van der Waals surface area (Å²) in [6, 6.07) is 4.42. The Bertz CT molecular complexity index is 353. The van der Waals surface area contributed by atoms with E-state index in [4.69, 9.17) is 5.73 Å². The molecular weight excluding hydrogens is 256 g/mol. The van der Waals surface area contributed by atoms with Crippen molar-refractivity contribution in [1.29, 1.82) is 0 Å². The smallest absolute Gasteiger partial charge is 0.224 e. The number of rotatable bonds is 3. The fourth-order valence-electron chi connectivity index (χ4n) is 2.23. The van der Waals surface area contributed by atoms with E-state index in [2.05, 4.69) is 11.4 Å². The number of carbonyl (C=O) groups is 1. The Hall–Kier alpha value is -0.580. The number of carbonyl (C=O) groups excluding carboxylic acids is 1. The van der Waals surface area contributed by atoms with E-state index in [0.717, 1.165) is 19.4 Å².